The smallest absolute Gasteiger partial charge is 0.0355 e. The summed E-state index contributed by atoms with van der Waals surface area (Å²) >= 11 is 0. The van der Waals surface area contributed by atoms with Crippen molar-refractivity contribution >= 4 is 0 Å². The molecule has 0 spiro atoms. The molecule has 0 saturated heterocycles. The maximum absolute atomic E-state index is 5.76. The zero-order valence-corrected chi connectivity index (χ0v) is 7.39. The second-order valence-electron chi connectivity index (χ2n) is 3.17. The summed E-state index contributed by atoms with van der Waals surface area (Å²) in [5, 5.41) is 0. The molecule has 0 fully saturated rings. The van der Waals surface area contributed by atoms with Gasteiger partial charge in [-0.05, 0) is 27.9 Å². The van der Waals surface area contributed by atoms with Crippen LogP contribution in [-0.2, 0) is 0 Å². The fourth-order valence-electron chi connectivity index (χ4n) is 0.902. The first-order valence-electron chi connectivity index (χ1n) is 3.57. The maximum atomic E-state index is 5.76. The number of allylic oxidation sites excluding steroid dienone is 1. The molecule has 0 amide bonds. The largest absolute Gasteiger partial charge is 0.323 e. The Morgan fingerprint density at radius 1 is 1.50 bits per heavy atom. The number of likely N-dealkylation sites (N-methyl/N-ethyl adjacent to an activating group) is 1. The van der Waals surface area contributed by atoms with Crippen molar-refractivity contribution in [3.05, 3.63) is 11.6 Å². The van der Waals surface area contributed by atoms with Gasteiger partial charge in [-0.2, -0.15) is 0 Å². The van der Waals surface area contributed by atoms with Crippen molar-refractivity contribution in [3.63, 3.8) is 0 Å². The summed E-state index contributed by atoms with van der Waals surface area (Å²) in [5.74, 6) is 0. The molecular weight excluding hydrogens is 124 g/mol. The van der Waals surface area contributed by atoms with E-state index in [1.807, 2.05) is 14.1 Å². The van der Waals surface area contributed by atoms with Gasteiger partial charge in [0, 0.05) is 12.6 Å². The molecular formula is C8H18N2. The molecule has 0 aliphatic rings. The minimum Gasteiger partial charge on any atom is -0.323 e. The van der Waals surface area contributed by atoms with E-state index in [1.54, 1.807) is 0 Å². The van der Waals surface area contributed by atoms with Crippen LogP contribution in [0.25, 0.3) is 0 Å². The fraction of sp³-hybridized carbons (Fsp3) is 0.750. The van der Waals surface area contributed by atoms with Gasteiger partial charge in [-0.25, -0.2) is 0 Å². The van der Waals surface area contributed by atoms with Crippen LogP contribution in [0.4, 0.5) is 0 Å². The van der Waals surface area contributed by atoms with Crippen LogP contribution >= 0.6 is 0 Å². The van der Waals surface area contributed by atoms with Crippen LogP contribution in [0.15, 0.2) is 11.6 Å². The summed E-state index contributed by atoms with van der Waals surface area (Å²) < 4.78 is 0. The molecule has 0 aliphatic carbocycles. The quantitative estimate of drug-likeness (QED) is 0.592. The van der Waals surface area contributed by atoms with Gasteiger partial charge < -0.3 is 10.6 Å². The standard InChI is InChI=1S/C8H18N2/c1-7(2)5-8(9)6-10(3)4/h5,8H,6,9H2,1-4H3. The Morgan fingerprint density at radius 3 is 2.30 bits per heavy atom. The van der Waals surface area contributed by atoms with E-state index in [0.717, 1.165) is 6.54 Å². The Hall–Kier alpha value is -0.340. The molecule has 0 saturated carbocycles. The molecule has 60 valence electrons. The lowest BCUT2D eigenvalue weighted by Crippen LogP contribution is -2.31. The molecule has 0 aromatic carbocycles. The van der Waals surface area contributed by atoms with Gasteiger partial charge in [0.2, 0.25) is 0 Å². The van der Waals surface area contributed by atoms with Crippen molar-refractivity contribution in [3.8, 4) is 0 Å². The second-order valence-corrected chi connectivity index (χ2v) is 3.17. The Bertz CT molecular complexity index is 112. The lowest BCUT2D eigenvalue weighted by Gasteiger charge is -2.13. The molecule has 10 heavy (non-hydrogen) atoms. The van der Waals surface area contributed by atoms with Crippen LogP contribution in [0, 0.1) is 0 Å². The Balaban J connectivity index is 3.64. The predicted molar refractivity (Wildman–Crippen MR) is 46.0 cm³/mol. The first-order chi connectivity index (χ1) is 4.52. The van der Waals surface area contributed by atoms with E-state index < -0.39 is 0 Å². The number of rotatable bonds is 3. The lowest BCUT2D eigenvalue weighted by molar-refractivity contribution is 0.394. The summed E-state index contributed by atoms with van der Waals surface area (Å²) in [5.41, 5.74) is 7.04. The second kappa shape index (κ2) is 4.47. The molecule has 0 bridgehead atoms. The van der Waals surface area contributed by atoms with Gasteiger partial charge >= 0.3 is 0 Å². The number of hydrogen-bond donors (Lipinski definition) is 1. The molecule has 0 aromatic rings. The van der Waals surface area contributed by atoms with Gasteiger partial charge in [0.15, 0.2) is 0 Å². The van der Waals surface area contributed by atoms with Gasteiger partial charge in [-0.1, -0.05) is 11.6 Å². The summed E-state index contributed by atoms with van der Waals surface area (Å²) in [4.78, 5) is 2.09. The van der Waals surface area contributed by atoms with Crippen molar-refractivity contribution in [1.82, 2.24) is 4.90 Å². The van der Waals surface area contributed by atoms with Gasteiger partial charge in [0.25, 0.3) is 0 Å². The van der Waals surface area contributed by atoms with Crippen molar-refractivity contribution in [2.45, 2.75) is 19.9 Å². The first-order valence-corrected chi connectivity index (χ1v) is 3.57. The Morgan fingerprint density at radius 2 is 2.00 bits per heavy atom. The van der Waals surface area contributed by atoms with E-state index >= 15 is 0 Å². The molecule has 0 rings (SSSR count). The molecule has 2 N–H and O–H groups in total. The molecule has 2 heteroatoms. The van der Waals surface area contributed by atoms with Crippen LogP contribution in [0.5, 0.6) is 0 Å². The zero-order valence-electron chi connectivity index (χ0n) is 7.39. The van der Waals surface area contributed by atoms with Crippen molar-refractivity contribution in [2.24, 2.45) is 5.73 Å². The van der Waals surface area contributed by atoms with E-state index in [0.29, 0.717) is 0 Å². The van der Waals surface area contributed by atoms with E-state index in [9.17, 15) is 0 Å². The number of hydrogen-bond acceptors (Lipinski definition) is 2. The molecule has 2 nitrogen and oxygen atoms in total. The topological polar surface area (TPSA) is 29.3 Å². The third kappa shape index (κ3) is 5.79. The van der Waals surface area contributed by atoms with E-state index in [-0.39, 0.29) is 6.04 Å². The number of nitrogens with two attached hydrogens (primary N) is 1. The molecule has 0 aromatic heterocycles. The maximum Gasteiger partial charge on any atom is 0.0355 e. The summed E-state index contributed by atoms with van der Waals surface area (Å²) in [6.07, 6.45) is 2.08. The highest BCUT2D eigenvalue weighted by molar-refractivity contribution is 5.00. The van der Waals surface area contributed by atoms with Crippen LogP contribution in [0.1, 0.15) is 13.8 Å². The molecule has 1 unspecified atom stereocenters. The Labute approximate surface area is 63.7 Å². The third-order valence-electron chi connectivity index (χ3n) is 1.12. The first kappa shape index (κ1) is 9.66. The monoisotopic (exact) mass is 142 g/mol. The van der Waals surface area contributed by atoms with Crippen molar-refractivity contribution in [1.29, 1.82) is 0 Å². The van der Waals surface area contributed by atoms with Crippen molar-refractivity contribution < 1.29 is 0 Å². The van der Waals surface area contributed by atoms with Crippen LogP contribution < -0.4 is 5.73 Å². The van der Waals surface area contributed by atoms with Gasteiger partial charge in [0.1, 0.15) is 0 Å². The van der Waals surface area contributed by atoms with Gasteiger partial charge in [-0.15, -0.1) is 0 Å². The summed E-state index contributed by atoms with van der Waals surface area (Å²) in [6.45, 7) is 5.05. The predicted octanol–water partition coefficient (Wildman–Crippen LogP) is 0.842. The minimum absolute atomic E-state index is 0.181. The average molecular weight is 142 g/mol. The van der Waals surface area contributed by atoms with E-state index in [2.05, 4.69) is 24.8 Å². The SMILES string of the molecule is CC(C)=CC(N)CN(C)C. The van der Waals surface area contributed by atoms with Gasteiger partial charge in [0.05, 0.1) is 0 Å². The lowest BCUT2D eigenvalue weighted by atomic mass is 10.2. The average Bonchev–Trinajstić information content (AvgIpc) is 1.58. The van der Waals surface area contributed by atoms with Crippen LogP contribution in [-0.4, -0.2) is 31.6 Å². The third-order valence-corrected chi connectivity index (χ3v) is 1.12. The molecule has 0 radical (unpaired) electrons. The highest BCUT2D eigenvalue weighted by Gasteiger charge is 1.97. The van der Waals surface area contributed by atoms with Crippen LogP contribution in [0.3, 0.4) is 0 Å². The summed E-state index contributed by atoms with van der Waals surface area (Å²) in [6, 6.07) is 0.181. The van der Waals surface area contributed by atoms with E-state index in [1.165, 1.54) is 5.57 Å². The highest BCUT2D eigenvalue weighted by atomic mass is 15.1. The van der Waals surface area contributed by atoms with Crippen LogP contribution in [0.2, 0.25) is 0 Å². The highest BCUT2D eigenvalue weighted by Crippen LogP contribution is 1.92. The fourth-order valence-corrected chi connectivity index (χ4v) is 0.902. The molecule has 0 heterocycles. The Kier molecular flexibility index (Phi) is 4.32. The van der Waals surface area contributed by atoms with Crippen molar-refractivity contribution in [2.75, 3.05) is 20.6 Å². The summed E-state index contributed by atoms with van der Waals surface area (Å²) in [7, 11) is 4.05. The number of nitrogens with zero attached hydrogens (tertiary/aromatic N) is 1. The van der Waals surface area contributed by atoms with Gasteiger partial charge in [-0.3, -0.25) is 0 Å². The molecule has 1 atom stereocenters. The normalized spacial score (nSPS) is 13.4. The zero-order chi connectivity index (χ0) is 8.15. The minimum atomic E-state index is 0.181. The molecule has 0 aliphatic heterocycles. The van der Waals surface area contributed by atoms with E-state index in [4.69, 9.17) is 5.73 Å².